The maximum absolute atomic E-state index is 13.3. The monoisotopic (exact) mass is 422 g/mol. The van der Waals surface area contributed by atoms with E-state index in [2.05, 4.69) is 46.4 Å². The van der Waals surface area contributed by atoms with E-state index >= 15 is 0 Å². The topological polar surface area (TPSA) is 47.6 Å². The average Bonchev–Trinajstić information content (AvgIpc) is 3.02. The summed E-state index contributed by atoms with van der Waals surface area (Å²) in [6.45, 7) is 6.50. The van der Waals surface area contributed by atoms with Gasteiger partial charge in [-0.25, -0.2) is 0 Å². The van der Waals surface area contributed by atoms with E-state index < -0.39 is 0 Å². The first-order valence-electron chi connectivity index (χ1n) is 10.7. The van der Waals surface area contributed by atoms with Gasteiger partial charge in [0, 0.05) is 38.2 Å². The van der Waals surface area contributed by atoms with Crippen LogP contribution in [-0.2, 0) is 11.3 Å². The van der Waals surface area contributed by atoms with Crippen molar-refractivity contribution in [1.29, 1.82) is 0 Å². The number of carbonyl (C=O) groups is 1. The molecule has 2 aliphatic heterocycles. The molecule has 2 aromatic rings. The van der Waals surface area contributed by atoms with Gasteiger partial charge in [-0.05, 0) is 35.8 Å². The number of rotatable bonds is 4. The third kappa shape index (κ3) is 4.20. The quantitative estimate of drug-likeness (QED) is 0.734. The molecular formula is C24H30N4OS. The van der Waals surface area contributed by atoms with Crippen LogP contribution >= 0.6 is 12.2 Å². The highest BCUT2D eigenvalue weighted by Gasteiger charge is 2.52. The van der Waals surface area contributed by atoms with Gasteiger partial charge < -0.3 is 15.1 Å². The summed E-state index contributed by atoms with van der Waals surface area (Å²) in [5.41, 5.74) is 1.86. The van der Waals surface area contributed by atoms with Gasteiger partial charge in [0.25, 0.3) is 0 Å². The standard InChI is InChI=1S/C24H30N4OS/c1-18(2)21-22(29)28(17-19-9-5-3-6-10-19)24(26-21)13-15-27(16-14-24)23(30)25-20-11-7-4-8-12-20/h3-12,18,21,26H,13-17H2,1-2H3,(H,25,30). The zero-order chi connectivity index (χ0) is 21.1. The number of hydrogen-bond acceptors (Lipinski definition) is 3. The molecule has 6 heteroatoms. The summed E-state index contributed by atoms with van der Waals surface area (Å²) in [7, 11) is 0. The van der Waals surface area contributed by atoms with Crippen molar-refractivity contribution in [3.8, 4) is 0 Å². The van der Waals surface area contributed by atoms with Gasteiger partial charge in [-0.2, -0.15) is 0 Å². The predicted molar refractivity (Wildman–Crippen MR) is 125 cm³/mol. The van der Waals surface area contributed by atoms with E-state index in [9.17, 15) is 4.79 Å². The lowest BCUT2D eigenvalue weighted by Crippen LogP contribution is -2.59. The van der Waals surface area contributed by atoms with Crippen molar-refractivity contribution in [1.82, 2.24) is 15.1 Å². The van der Waals surface area contributed by atoms with Gasteiger partial charge >= 0.3 is 0 Å². The van der Waals surface area contributed by atoms with Crippen molar-refractivity contribution >= 4 is 28.9 Å². The fourth-order valence-corrected chi connectivity index (χ4v) is 4.77. The molecule has 1 atom stereocenters. The number of para-hydroxylation sites is 1. The minimum absolute atomic E-state index is 0.130. The van der Waals surface area contributed by atoms with Crippen molar-refractivity contribution < 1.29 is 4.79 Å². The first kappa shape index (κ1) is 20.8. The first-order valence-corrected chi connectivity index (χ1v) is 11.1. The molecule has 0 aromatic heterocycles. The van der Waals surface area contributed by atoms with Crippen LogP contribution in [0.15, 0.2) is 60.7 Å². The summed E-state index contributed by atoms with van der Waals surface area (Å²) in [6.07, 6.45) is 1.71. The Balaban J connectivity index is 1.47. The van der Waals surface area contributed by atoms with Crippen LogP contribution in [0, 0.1) is 5.92 Å². The Morgan fingerprint density at radius 1 is 1.10 bits per heavy atom. The second kappa shape index (κ2) is 8.74. The Hall–Kier alpha value is -2.44. The number of carbonyl (C=O) groups excluding carboxylic acids is 1. The summed E-state index contributed by atoms with van der Waals surface area (Å²) in [6, 6.07) is 20.2. The molecule has 158 valence electrons. The second-order valence-corrected chi connectivity index (χ2v) is 8.98. The minimum Gasteiger partial charge on any atom is -0.349 e. The normalized spacial score (nSPS) is 20.8. The number of anilines is 1. The summed E-state index contributed by atoms with van der Waals surface area (Å²) < 4.78 is 0. The van der Waals surface area contributed by atoms with E-state index in [1.165, 1.54) is 5.56 Å². The molecule has 2 fully saturated rings. The van der Waals surface area contributed by atoms with E-state index in [0.29, 0.717) is 6.54 Å². The molecular weight excluding hydrogens is 392 g/mol. The molecule has 4 rings (SSSR count). The maximum Gasteiger partial charge on any atom is 0.241 e. The highest BCUT2D eigenvalue weighted by molar-refractivity contribution is 7.80. The van der Waals surface area contributed by atoms with Gasteiger partial charge in [0.2, 0.25) is 5.91 Å². The van der Waals surface area contributed by atoms with E-state index in [0.717, 1.165) is 36.7 Å². The van der Waals surface area contributed by atoms with Crippen LogP contribution in [-0.4, -0.2) is 45.6 Å². The largest absolute Gasteiger partial charge is 0.349 e. The van der Waals surface area contributed by atoms with Gasteiger partial charge in [0.05, 0.1) is 11.7 Å². The van der Waals surface area contributed by atoms with Crippen LogP contribution in [0.1, 0.15) is 32.3 Å². The van der Waals surface area contributed by atoms with E-state index in [1.54, 1.807) is 0 Å². The molecule has 2 N–H and O–H groups in total. The van der Waals surface area contributed by atoms with E-state index in [1.807, 2.05) is 48.5 Å². The molecule has 0 aliphatic carbocycles. The molecule has 0 radical (unpaired) electrons. The fraction of sp³-hybridized carbons (Fsp3) is 0.417. The zero-order valence-electron chi connectivity index (χ0n) is 17.7. The molecule has 5 nitrogen and oxygen atoms in total. The Labute approximate surface area is 184 Å². The fourth-order valence-electron chi connectivity index (χ4n) is 4.47. The summed E-state index contributed by atoms with van der Waals surface area (Å²) in [4.78, 5) is 17.6. The van der Waals surface area contributed by atoms with Crippen LogP contribution < -0.4 is 10.6 Å². The number of nitrogens with one attached hydrogen (secondary N) is 2. The number of nitrogens with zero attached hydrogens (tertiary/aromatic N) is 2. The molecule has 2 aromatic carbocycles. The SMILES string of the molecule is CC(C)C1NC2(CCN(C(=S)Nc3ccccc3)CC2)N(Cc2ccccc2)C1=O. The Bertz CT molecular complexity index is 879. The molecule has 30 heavy (non-hydrogen) atoms. The summed E-state index contributed by atoms with van der Waals surface area (Å²) in [5, 5.41) is 7.80. The van der Waals surface area contributed by atoms with Crippen molar-refractivity contribution in [3.05, 3.63) is 66.2 Å². The lowest BCUT2D eigenvalue weighted by molar-refractivity contribution is -0.134. The lowest BCUT2D eigenvalue weighted by atomic mass is 9.95. The number of thiocarbonyl (C=S) groups is 1. The smallest absolute Gasteiger partial charge is 0.241 e. The van der Waals surface area contributed by atoms with Crippen LogP contribution in [0.3, 0.4) is 0 Å². The molecule has 0 saturated carbocycles. The molecule has 2 saturated heterocycles. The van der Waals surface area contributed by atoms with Crippen LogP contribution in [0.4, 0.5) is 5.69 Å². The van der Waals surface area contributed by atoms with Gasteiger partial charge in [0.1, 0.15) is 0 Å². The van der Waals surface area contributed by atoms with Crippen molar-refractivity contribution in [2.24, 2.45) is 5.92 Å². The van der Waals surface area contributed by atoms with Crippen molar-refractivity contribution in [2.45, 2.75) is 44.9 Å². The third-order valence-corrected chi connectivity index (χ3v) is 6.59. The van der Waals surface area contributed by atoms with Crippen LogP contribution in [0.5, 0.6) is 0 Å². The minimum atomic E-state index is -0.305. The molecule has 0 bridgehead atoms. The van der Waals surface area contributed by atoms with Crippen LogP contribution in [0.25, 0.3) is 0 Å². The lowest BCUT2D eigenvalue weighted by Gasteiger charge is -2.45. The van der Waals surface area contributed by atoms with Gasteiger partial charge in [-0.15, -0.1) is 0 Å². The molecule has 1 unspecified atom stereocenters. The number of amides is 1. The number of likely N-dealkylation sites (tertiary alicyclic amines) is 1. The van der Waals surface area contributed by atoms with Gasteiger partial charge in [-0.1, -0.05) is 62.4 Å². The molecule has 1 spiro atoms. The van der Waals surface area contributed by atoms with Crippen molar-refractivity contribution in [2.75, 3.05) is 18.4 Å². The molecule has 2 heterocycles. The maximum atomic E-state index is 13.3. The van der Waals surface area contributed by atoms with E-state index in [4.69, 9.17) is 12.2 Å². The molecule has 2 aliphatic rings. The van der Waals surface area contributed by atoms with E-state index in [-0.39, 0.29) is 23.5 Å². The predicted octanol–water partition coefficient (Wildman–Crippen LogP) is 3.83. The second-order valence-electron chi connectivity index (χ2n) is 8.59. The first-order chi connectivity index (χ1) is 14.5. The Morgan fingerprint density at radius 2 is 1.70 bits per heavy atom. The zero-order valence-corrected chi connectivity index (χ0v) is 18.5. The van der Waals surface area contributed by atoms with Gasteiger partial charge in [0.15, 0.2) is 5.11 Å². The Morgan fingerprint density at radius 3 is 2.30 bits per heavy atom. The summed E-state index contributed by atoms with van der Waals surface area (Å²) >= 11 is 5.66. The van der Waals surface area contributed by atoms with Crippen molar-refractivity contribution in [3.63, 3.8) is 0 Å². The van der Waals surface area contributed by atoms with Crippen LogP contribution in [0.2, 0.25) is 0 Å². The average molecular weight is 423 g/mol. The molecule has 1 amide bonds. The third-order valence-electron chi connectivity index (χ3n) is 6.23. The number of piperidine rings is 1. The number of benzene rings is 2. The highest BCUT2D eigenvalue weighted by atomic mass is 32.1. The highest BCUT2D eigenvalue weighted by Crippen LogP contribution is 2.35. The van der Waals surface area contributed by atoms with Gasteiger partial charge in [-0.3, -0.25) is 10.1 Å². The summed E-state index contributed by atoms with van der Waals surface area (Å²) in [5.74, 6) is 0.473. The number of hydrogen-bond donors (Lipinski definition) is 2. The Kier molecular flexibility index (Phi) is 6.06.